The molecule has 0 amide bonds. The van der Waals surface area contributed by atoms with Crippen LogP contribution in [0.1, 0.15) is 58.1 Å². The highest BCUT2D eigenvalue weighted by atomic mass is 19.4. The number of likely N-dealkylation sites (N-methyl/N-ethyl adjacent to an activating group) is 1. The lowest BCUT2D eigenvalue weighted by Crippen LogP contribution is -2.74. The van der Waals surface area contributed by atoms with Gasteiger partial charge in [0.25, 0.3) is 0 Å². The molecule has 2 bridgehead atoms. The van der Waals surface area contributed by atoms with Crippen molar-refractivity contribution in [2.75, 3.05) is 20.7 Å². The van der Waals surface area contributed by atoms with Gasteiger partial charge in [-0.25, -0.2) is 9.59 Å². The van der Waals surface area contributed by atoms with Crippen LogP contribution in [0, 0.1) is 0 Å². The molecule has 0 aromatic heterocycles. The van der Waals surface area contributed by atoms with Crippen LogP contribution < -0.4 is 9.47 Å². The lowest BCUT2D eigenvalue weighted by Gasteiger charge is -2.61. The molecule has 1 spiro atoms. The summed E-state index contributed by atoms with van der Waals surface area (Å²) < 4.78 is 59.5. The molecule has 254 valence electrons. The smallest absolute Gasteiger partial charge is 0.446 e. The number of ether oxygens (including phenoxy) is 5. The van der Waals surface area contributed by atoms with Gasteiger partial charge in [-0.15, -0.1) is 0 Å². The monoisotopic (exact) mass is 657 g/mol. The van der Waals surface area contributed by atoms with Crippen molar-refractivity contribution >= 4 is 24.2 Å². The number of rotatable bonds is 7. The fraction of sp³-hybridized carbons (Fsp3) is 0.613. The van der Waals surface area contributed by atoms with Crippen LogP contribution in [0.4, 0.5) is 13.2 Å². The Morgan fingerprint density at radius 3 is 2.41 bits per heavy atom. The Bertz CT molecular complexity index is 1420. The van der Waals surface area contributed by atoms with Crippen molar-refractivity contribution in [3.8, 4) is 11.5 Å². The van der Waals surface area contributed by atoms with E-state index in [1.807, 2.05) is 19.2 Å². The quantitative estimate of drug-likeness (QED) is 0.251. The molecule has 1 aromatic carbocycles. The van der Waals surface area contributed by atoms with Gasteiger partial charge in [-0.3, -0.25) is 9.59 Å². The number of carbonyl (C=O) groups is 4. The third-order valence-electron chi connectivity index (χ3n) is 8.54. The molecule has 1 aromatic rings. The van der Waals surface area contributed by atoms with Crippen molar-refractivity contribution in [2.45, 2.75) is 101 Å². The fourth-order valence-electron chi connectivity index (χ4n) is 6.69. The molecule has 2 aliphatic carbocycles. The number of alkyl halides is 3. The maximum absolute atomic E-state index is 13.2. The normalized spacial score (nSPS) is 27.3. The number of aldehydes is 1. The second kappa shape index (κ2) is 12.5. The molecule has 4 aliphatic rings. The van der Waals surface area contributed by atoms with E-state index in [1.165, 1.54) is 6.92 Å². The van der Waals surface area contributed by atoms with Crippen LogP contribution in [0.3, 0.4) is 0 Å². The van der Waals surface area contributed by atoms with Gasteiger partial charge in [0.1, 0.15) is 17.5 Å². The molecule has 0 saturated carbocycles. The molecule has 5 rings (SSSR count). The number of carbonyl (C=O) groups excluding carboxylic acids is 4. The first kappa shape index (κ1) is 35.2. The first-order valence-electron chi connectivity index (χ1n) is 14.6. The Labute approximate surface area is 263 Å². The van der Waals surface area contributed by atoms with Crippen LogP contribution >= 0.6 is 0 Å². The average Bonchev–Trinajstić information content (AvgIpc) is 3.31. The van der Waals surface area contributed by atoms with Crippen LogP contribution in [0.2, 0.25) is 0 Å². The average molecular weight is 658 g/mol. The van der Waals surface area contributed by atoms with E-state index in [0.717, 1.165) is 11.1 Å². The third-order valence-corrected chi connectivity index (χ3v) is 8.54. The maximum Gasteiger partial charge on any atom is 0.446 e. The summed E-state index contributed by atoms with van der Waals surface area (Å²) in [5, 5.41) is 21.9. The van der Waals surface area contributed by atoms with E-state index in [0.29, 0.717) is 30.9 Å². The van der Waals surface area contributed by atoms with E-state index in [2.05, 4.69) is 4.90 Å². The SMILES string of the molecule is COc1ccc2c3c1O[C@H]1C(OC(=O)C[C@H](OC(=O)[C@H](C)O)C(=O)OC(C)(C)C)=CC[C@@]4(O)[C@@H](C2)N(C)CC[C@]314.O=CC(F)(F)F. The van der Waals surface area contributed by atoms with Gasteiger partial charge < -0.3 is 38.8 Å². The van der Waals surface area contributed by atoms with E-state index in [-0.39, 0.29) is 18.2 Å². The molecule has 0 unspecified atom stereocenters. The zero-order valence-electron chi connectivity index (χ0n) is 26.3. The van der Waals surface area contributed by atoms with Crippen LogP contribution in [0.15, 0.2) is 24.0 Å². The summed E-state index contributed by atoms with van der Waals surface area (Å²) in [6.45, 7) is 6.82. The number of hydrogen-bond donors (Lipinski definition) is 2. The van der Waals surface area contributed by atoms with E-state index < -0.39 is 71.7 Å². The zero-order valence-corrected chi connectivity index (χ0v) is 26.3. The summed E-state index contributed by atoms with van der Waals surface area (Å²) in [6.07, 6.45) is -7.16. The Morgan fingerprint density at radius 2 is 1.85 bits per heavy atom. The van der Waals surface area contributed by atoms with Gasteiger partial charge in [-0.1, -0.05) is 6.07 Å². The summed E-state index contributed by atoms with van der Waals surface area (Å²) in [6, 6.07) is 3.69. The minimum absolute atomic E-state index is 0.163. The Hall–Kier alpha value is -3.69. The molecule has 15 heteroatoms. The molecule has 2 heterocycles. The van der Waals surface area contributed by atoms with Crippen molar-refractivity contribution in [1.29, 1.82) is 0 Å². The number of hydrogen-bond acceptors (Lipinski definition) is 12. The van der Waals surface area contributed by atoms with E-state index in [4.69, 9.17) is 28.5 Å². The Balaban J connectivity index is 0.000000731. The number of nitrogens with zero attached hydrogens (tertiary/aromatic N) is 1. The summed E-state index contributed by atoms with van der Waals surface area (Å²) in [5.41, 5.74) is -0.991. The fourth-order valence-corrected chi connectivity index (χ4v) is 6.69. The predicted octanol–water partition coefficient (Wildman–Crippen LogP) is 2.29. The van der Waals surface area contributed by atoms with Crippen LogP contribution in [0.5, 0.6) is 11.5 Å². The molecule has 1 fully saturated rings. The first-order valence-corrected chi connectivity index (χ1v) is 14.6. The molecular formula is C31H38F3NO11. The van der Waals surface area contributed by atoms with Gasteiger partial charge in [-0.2, -0.15) is 13.2 Å². The molecule has 12 nitrogen and oxygen atoms in total. The lowest BCUT2D eigenvalue weighted by molar-refractivity contribution is -0.183. The summed E-state index contributed by atoms with van der Waals surface area (Å²) in [5.74, 6) is -1.58. The summed E-state index contributed by atoms with van der Waals surface area (Å²) in [7, 11) is 3.55. The predicted molar refractivity (Wildman–Crippen MR) is 152 cm³/mol. The van der Waals surface area contributed by atoms with Gasteiger partial charge in [0.05, 0.1) is 24.5 Å². The van der Waals surface area contributed by atoms with Gasteiger partial charge in [-0.05, 0) is 71.8 Å². The van der Waals surface area contributed by atoms with Gasteiger partial charge >= 0.3 is 24.1 Å². The van der Waals surface area contributed by atoms with E-state index in [1.54, 1.807) is 34.0 Å². The zero-order chi connectivity index (χ0) is 34.4. The van der Waals surface area contributed by atoms with E-state index in [9.17, 15) is 37.8 Å². The van der Waals surface area contributed by atoms with Crippen molar-refractivity contribution in [3.05, 3.63) is 35.1 Å². The second-order valence-electron chi connectivity index (χ2n) is 12.8. The van der Waals surface area contributed by atoms with Crippen molar-refractivity contribution in [1.82, 2.24) is 4.90 Å². The number of likely N-dealkylation sites (tertiary alicyclic amines) is 1. The standard InChI is InChI=1S/C29H37NO10.C2HF3O/c1-15(31)25(33)38-19(26(34)40-27(2,3)4)14-21(32)37-18-9-10-29(35)20-13-16-7-8-17(36-6)23-22(16)28(29,24(18)39-23)11-12-30(20)5;3-2(4,5)1-6/h7-9,15,19-20,24,31,35H,10-14H2,1-6H3;1H/t15-,19-,20+,24-,28-,29+;/m0./s1. The maximum atomic E-state index is 13.2. The molecule has 1 saturated heterocycles. The van der Waals surface area contributed by atoms with Crippen LogP contribution in [-0.4, -0.2) is 102 Å². The minimum Gasteiger partial charge on any atom is -0.493 e. The highest BCUT2D eigenvalue weighted by Gasteiger charge is 2.72. The summed E-state index contributed by atoms with van der Waals surface area (Å²) in [4.78, 5) is 48.9. The topological polar surface area (TPSA) is 158 Å². The number of methoxy groups -OCH3 is 1. The highest BCUT2D eigenvalue weighted by molar-refractivity contribution is 5.86. The molecule has 2 N–H and O–H groups in total. The highest BCUT2D eigenvalue weighted by Crippen LogP contribution is 2.65. The van der Waals surface area contributed by atoms with E-state index >= 15 is 0 Å². The van der Waals surface area contributed by atoms with Gasteiger partial charge in [0, 0.05) is 18.0 Å². The number of piperidine rings is 1. The largest absolute Gasteiger partial charge is 0.493 e. The number of benzene rings is 1. The molecule has 46 heavy (non-hydrogen) atoms. The first-order chi connectivity index (χ1) is 21.3. The number of halogens is 3. The number of esters is 3. The number of aliphatic hydroxyl groups is 2. The second-order valence-corrected chi connectivity index (χ2v) is 12.8. The summed E-state index contributed by atoms with van der Waals surface area (Å²) >= 11 is 0. The minimum atomic E-state index is -4.64. The molecule has 0 radical (unpaired) electrons. The molecule has 2 aliphatic heterocycles. The molecule has 6 atom stereocenters. The van der Waals surface area contributed by atoms with Gasteiger partial charge in [0.15, 0.2) is 17.6 Å². The van der Waals surface area contributed by atoms with Crippen LogP contribution in [-0.2, 0) is 45.2 Å². The van der Waals surface area contributed by atoms with Gasteiger partial charge in [0.2, 0.25) is 12.4 Å². The van der Waals surface area contributed by atoms with Crippen molar-refractivity contribution < 1.29 is 66.2 Å². The van der Waals surface area contributed by atoms with Crippen LogP contribution in [0.25, 0.3) is 0 Å². The Morgan fingerprint density at radius 1 is 1.20 bits per heavy atom. The third kappa shape index (κ3) is 6.45. The molecular weight excluding hydrogens is 619 g/mol. The Kier molecular flexibility index (Phi) is 9.55. The number of aliphatic hydroxyl groups excluding tert-OH is 1. The van der Waals surface area contributed by atoms with Crippen molar-refractivity contribution in [3.63, 3.8) is 0 Å². The lowest BCUT2D eigenvalue weighted by atomic mass is 9.50. The van der Waals surface area contributed by atoms with Crippen molar-refractivity contribution in [2.24, 2.45) is 0 Å².